The minimum absolute atomic E-state index is 0.00330. The standard InChI is InChI=1S/C13H16ClF/c1-8(2)9-6-10(14)12(11(15)7-9)13(3)4-5-13/h6-8H,4-5H2,1-3H3. The third-order valence-corrected chi connectivity index (χ3v) is 3.63. The summed E-state index contributed by atoms with van der Waals surface area (Å²) < 4.78 is 13.9. The van der Waals surface area contributed by atoms with E-state index in [1.54, 1.807) is 6.07 Å². The summed E-state index contributed by atoms with van der Waals surface area (Å²) in [6.07, 6.45) is 2.09. The number of hydrogen-bond donors (Lipinski definition) is 0. The van der Waals surface area contributed by atoms with Crippen LogP contribution in [0, 0.1) is 5.82 Å². The molecule has 0 spiro atoms. The van der Waals surface area contributed by atoms with Gasteiger partial charge < -0.3 is 0 Å². The van der Waals surface area contributed by atoms with Gasteiger partial charge in [-0.15, -0.1) is 0 Å². The summed E-state index contributed by atoms with van der Waals surface area (Å²) >= 11 is 6.16. The van der Waals surface area contributed by atoms with Gasteiger partial charge in [0.05, 0.1) is 0 Å². The van der Waals surface area contributed by atoms with Crippen LogP contribution >= 0.6 is 11.6 Å². The van der Waals surface area contributed by atoms with Gasteiger partial charge in [-0.3, -0.25) is 0 Å². The molecular weight excluding hydrogens is 211 g/mol. The summed E-state index contributed by atoms with van der Waals surface area (Å²) in [4.78, 5) is 0. The molecule has 0 amide bonds. The van der Waals surface area contributed by atoms with Gasteiger partial charge in [-0.1, -0.05) is 32.4 Å². The lowest BCUT2D eigenvalue weighted by molar-refractivity contribution is 0.582. The molecule has 1 saturated carbocycles. The highest BCUT2D eigenvalue weighted by atomic mass is 35.5. The molecule has 0 atom stereocenters. The Morgan fingerprint density at radius 3 is 2.33 bits per heavy atom. The number of halogens is 2. The minimum Gasteiger partial charge on any atom is -0.207 e. The molecule has 0 bridgehead atoms. The first kappa shape index (κ1) is 10.9. The van der Waals surface area contributed by atoms with Crippen molar-refractivity contribution in [1.82, 2.24) is 0 Å². The van der Waals surface area contributed by atoms with Crippen LogP contribution in [-0.2, 0) is 5.41 Å². The smallest absolute Gasteiger partial charge is 0.128 e. The second-order valence-corrected chi connectivity index (χ2v) is 5.48. The molecule has 1 aromatic carbocycles. The summed E-state index contributed by atoms with van der Waals surface area (Å²) in [5, 5.41) is 0.596. The van der Waals surface area contributed by atoms with E-state index in [0.717, 1.165) is 18.4 Å². The first-order chi connectivity index (χ1) is 6.94. The van der Waals surface area contributed by atoms with E-state index in [0.29, 0.717) is 16.5 Å². The quantitative estimate of drug-likeness (QED) is 0.689. The lowest BCUT2D eigenvalue weighted by Crippen LogP contribution is -2.06. The van der Waals surface area contributed by atoms with Gasteiger partial charge in [0.15, 0.2) is 0 Å². The molecule has 1 aromatic rings. The maximum absolute atomic E-state index is 13.9. The van der Waals surface area contributed by atoms with E-state index in [-0.39, 0.29) is 11.2 Å². The zero-order valence-electron chi connectivity index (χ0n) is 9.40. The highest BCUT2D eigenvalue weighted by molar-refractivity contribution is 6.31. The molecule has 2 heteroatoms. The first-order valence-electron chi connectivity index (χ1n) is 5.43. The lowest BCUT2D eigenvalue weighted by Gasteiger charge is -2.15. The second-order valence-electron chi connectivity index (χ2n) is 5.07. The van der Waals surface area contributed by atoms with Crippen molar-refractivity contribution >= 4 is 11.6 Å². The van der Waals surface area contributed by atoms with Gasteiger partial charge in [0.25, 0.3) is 0 Å². The summed E-state index contributed by atoms with van der Waals surface area (Å²) in [5.41, 5.74) is 1.69. The molecule has 1 fully saturated rings. The van der Waals surface area contributed by atoms with Crippen molar-refractivity contribution in [2.75, 3.05) is 0 Å². The van der Waals surface area contributed by atoms with E-state index in [1.807, 2.05) is 19.9 Å². The normalized spacial score (nSPS) is 18.3. The fourth-order valence-electron chi connectivity index (χ4n) is 1.94. The van der Waals surface area contributed by atoms with E-state index >= 15 is 0 Å². The first-order valence-corrected chi connectivity index (χ1v) is 5.81. The molecule has 2 rings (SSSR count). The monoisotopic (exact) mass is 226 g/mol. The van der Waals surface area contributed by atoms with Crippen molar-refractivity contribution in [2.24, 2.45) is 0 Å². The van der Waals surface area contributed by atoms with Crippen LogP contribution in [0.2, 0.25) is 5.02 Å². The number of hydrogen-bond acceptors (Lipinski definition) is 0. The fourth-order valence-corrected chi connectivity index (χ4v) is 2.38. The summed E-state index contributed by atoms with van der Waals surface area (Å²) in [5.74, 6) is 0.184. The highest BCUT2D eigenvalue weighted by Crippen LogP contribution is 2.51. The molecule has 0 aromatic heterocycles. The third kappa shape index (κ3) is 1.90. The highest BCUT2D eigenvalue weighted by Gasteiger charge is 2.42. The van der Waals surface area contributed by atoms with Gasteiger partial charge in [-0.2, -0.15) is 0 Å². The topological polar surface area (TPSA) is 0 Å². The van der Waals surface area contributed by atoms with Crippen molar-refractivity contribution in [2.45, 2.75) is 44.9 Å². The Morgan fingerprint density at radius 2 is 1.93 bits per heavy atom. The SMILES string of the molecule is CC(C)c1cc(F)c(C2(C)CC2)c(Cl)c1. The molecule has 15 heavy (non-hydrogen) atoms. The second kappa shape index (κ2) is 3.48. The Kier molecular flexibility index (Phi) is 2.54. The van der Waals surface area contributed by atoms with Crippen LogP contribution in [0.4, 0.5) is 4.39 Å². The molecular formula is C13H16ClF. The molecule has 0 nitrogen and oxygen atoms in total. The maximum atomic E-state index is 13.9. The van der Waals surface area contributed by atoms with Crippen LogP contribution in [0.3, 0.4) is 0 Å². The third-order valence-electron chi connectivity index (χ3n) is 3.33. The van der Waals surface area contributed by atoms with Crippen LogP contribution in [-0.4, -0.2) is 0 Å². The average molecular weight is 227 g/mol. The largest absolute Gasteiger partial charge is 0.207 e. The number of rotatable bonds is 2. The van der Waals surface area contributed by atoms with Gasteiger partial charge in [-0.05, 0) is 41.9 Å². The predicted octanol–water partition coefficient (Wildman–Crippen LogP) is 4.65. The van der Waals surface area contributed by atoms with Crippen LogP contribution in [0.5, 0.6) is 0 Å². The zero-order valence-corrected chi connectivity index (χ0v) is 10.2. The van der Waals surface area contributed by atoms with Crippen molar-refractivity contribution in [3.63, 3.8) is 0 Å². The Balaban J connectivity index is 2.50. The van der Waals surface area contributed by atoms with E-state index in [4.69, 9.17) is 11.6 Å². The van der Waals surface area contributed by atoms with Crippen molar-refractivity contribution in [1.29, 1.82) is 0 Å². The Bertz CT molecular complexity index is 369. The predicted molar refractivity (Wildman–Crippen MR) is 62.1 cm³/mol. The molecule has 82 valence electrons. The van der Waals surface area contributed by atoms with E-state index < -0.39 is 0 Å². The molecule has 0 unspecified atom stereocenters. The van der Waals surface area contributed by atoms with Crippen molar-refractivity contribution < 1.29 is 4.39 Å². The molecule has 1 aliphatic rings. The van der Waals surface area contributed by atoms with Crippen LogP contribution < -0.4 is 0 Å². The molecule has 0 radical (unpaired) electrons. The van der Waals surface area contributed by atoms with E-state index in [2.05, 4.69) is 6.92 Å². The average Bonchev–Trinajstić information content (AvgIpc) is 2.82. The molecule has 1 aliphatic carbocycles. The molecule has 0 N–H and O–H groups in total. The summed E-state index contributed by atoms with van der Waals surface area (Å²) in [6.45, 7) is 6.17. The van der Waals surface area contributed by atoms with Crippen LogP contribution in [0.15, 0.2) is 12.1 Å². The van der Waals surface area contributed by atoms with Crippen LogP contribution in [0.25, 0.3) is 0 Å². The van der Waals surface area contributed by atoms with Gasteiger partial charge in [0.2, 0.25) is 0 Å². The van der Waals surface area contributed by atoms with Gasteiger partial charge in [0.1, 0.15) is 5.82 Å². The van der Waals surface area contributed by atoms with E-state index in [1.165, 1.54) is 0 Å². The summed E-state index contributed by atoms with van der Waals surface area (Å²) in [6, 6.07) is 3.55. The molecule has 0 aliphatic heterocycles. The van der Waals surface area contributed by atoms with Crippen molar-refractivity contribution in [3.05, 3.63) is 34.1 Å². The zero-order chi connectivity index (χ0) is 11.2. The Hall–Kier alpha value is -0.560. The van der Waals surface area contributed by atoms with Gasteiger partial charge >= 0.3 is 0 Å². The fraction of sp³-hybridized carbons (Fsp3) is 0.538. The van der Waals surface area contributed by atoms with Crippen molar-refractivity contribution in [3.8, 4) is 0 Å². The molecule has 0 saturated heterocycles. The minimum atomic E-state index is -0.133. The lowest BCUT2D eigenvalue weighted by atomic mass is 9.93. The van der Waals surface area contributed by atoms with Gasteiger partial charge in [0, 0.05) is 10.6 Å². The summed E-state index contributed by atoms with van der Waals surface area (Å²) in [7, 11) is 0. The maximum Gasteiger partial charge on any atom is 0.128 e. The molecule has 0 heterocycles. The van der Waals surface area contributed by atoms with E-state index in [9.17, 15) is 4.39 Å². The Labute approximate surface area is 95.4 Å². The Morgan fingerprint density at radius 1 is 1.33 bits per heavy atom. The number of benzene rings is 1. The van der Waals surface area contributed by atoms with Gasteiger partial charge in [-0.25, -0.2) is 4.39 Å². The van der Waals surface area contributed by atoms with Crippen LogP contribution in [0.1, 0.15) is 50.7 Å².